The Morgan fingerprint density at radius 3 is 1.85 bits per heavy atom. The zero-order valence-electron chi connectivity index (χ0n) is 13.7. The Morgan fingerprint density at radius 1 is 0.900 bits per heavy atom. The van der Waals surface area contributed by atoms with Gasteiger partial charge in [0, 0.05) is 10.6 Å². The van der Waals surface area contributed by atoms with E-state index in [-0.39, 0.29) is 12.2 Å². The molecule has 0 N–H and O–H groups in total. The fourth-order valence-corrected chi connectivity index (χ4v) is 4.68. The molecule has 0 saturated carbocycles. The maximum absolute atomic E-state index is 6.36. The summed E-state index contributed by atoms with van der Waals surface area (Å²) in [5.41, 5.74) is 1.03. The van der Waals surface area contributed by atoms with Crippen molar-refractivity contribution >= 4 is 28.2 Å². The first-order valence-corrected chi connectivity index (χ1v) is 14.3. The summed E-state index contributed by atoms with van der Waals surface area (Å²) in [6.45, 7) is 15.3. The van der Waals surface area contributed by atoms with Crippen LogP contribution in [-0.4, -0.2) is 22.7 Å². The van der Waals surface area contributed by atoms with Crippen LogP contribution in [0.25, 0.3) is 0 Å². The predicted octanol–water partition coefficient (Wildman–Crippen LogP) is 5.47. The van der Waals surface area contributed by atoms with E-state index in [2.05, 4.69) is 46.2 Å². The van der Waals surface area contributed by atoms with Gasteiger partial charge in [0.1, 0.15) is 0 Å². The maximum atomic E-state index is 6.36. The molecule has 0 amide bonds. The summed E-state index contributed by atoms with van der Waals surface area (Å²) in [7, 11) is -3.30. The molecule has 0 aliphatic heterocycles. The first-order valence-electron chi connectivity index (χ1n) is 7.10. The van der Waals surface area contributed by atoms with Crippen LogP contribution in [0.2, 0.25) is 44.3 Å². The zero-order chi connectivity index (χ0) is 15.6. The summed E-state index contributed by atoms with van der Waals surface area (Å²) in [5.74, 6) is 0. The number of benzene rings is 1. The number of hydrogen-bond donors (Lipinski definition) is 0. The van der Waals surface area contributed by atoms with Crippen LogP contribution in [0.5, 0.6) is 0 Å². The minimum Gasteiger partial charge on any atom is -0.412 e. The van der Waals surface area contributed by atoms with Crippen molar-refractivity contribution in [2.24, 2.45) is 0 Å². The van der Waals surface area contributed by atoms with Crippen LogP contribution in [-0.2, 0) is 8.85 Å². The van der Waals surface area contributed by atoms with Gasteiger partial charge in [0.05, 0.1) is 12.2 Å². The molecule has 0 spiro atoms. The number of rotatable bonds is 6. The van der Waals surface area contributed by atoms with Gasteiger partial charge in [0.25, 0.3) is 0 Å². The molecule has 1 unspecified atom stereocenters. The van der Waals surface area contributed by atoms with Crippen LogP contribution in [0.15, 0.2) is 24.3 Å². The third-order valence-electron chi connectivity index (χ3n) is 2.66. The molecule has 1 rings (SSSR count). The Morgan fingerprint density at radius 2 is 1.40 bits per heavy atom. The fourth-order valence-electron chi connectivity index (χ4n) is 2.12. The summed E-state index contributed by atoms with van der Waals surface area (Å²) in [6, 6.07) is 7.90. The van der Waals surface area contributed by atoms with Gasteiger partial charge in [0.15, 0.2) is 16.6 Å². The van der Waals surface area contributed by atoms with Gasteiger partial charge in [-0.2, -0.15) is 0 Å². The van der Waals surface area contributed by atoms with E-state index in [0.29, 0.717) is 0 Å². The van der Waals surface area contributed by atoms with Crippen molar-refractivity contribution < 1.29 is 8.85 Å². The molecular formula is C15H27ClO2Si2. The minimum absolute atomic E-state index is 0.00768. The van der Waals surface area contributed by atoms with Crippen LogP contribution in [0, 0.1) is 0 Å². The number of halogens is 1. The molecule has 0 bridgehead atoms. The quantitative estimate of drug-likeness (QED) is 0.643. The highest BCUT2D eigenvalue weighted by atomic mass is 35.5. The molecule has 2 nitrogen and oxygen atoms in total. The van der Waals surface area contributed by atoms with E-state index in [4.69, 9.17) is 20.5 Å². The first-order chi connectivity index (χ1) is 8.99. The van der Waals surface area contributed by atoms with Crippen LogP contribution in [0.1, 0.15) is 18.6 Å². The van der Waals surface area contributed by atoms with Gasteiger partial charge in [-0.15, -0.1) is 0 Å². The van der Waals surface area contributed by atoms with E-state index >= 15 is 0 Å². The topological polar surface area (TPSA) is 18.5 Å². The molecule has 0 fully saturated rings. The Bertz CT molecular complexity index is 438. The van der Waals surface area contributed by atoms with Gasteiger partial charge >= 0.3 is 0 Å². The summed E-state index contributed by atoms with van der Waals surface area (Å²) < 4.78 is 12.6. The van der Waals surface area contributed by atoms with Crippen LogP contribution in [0.4, 0.5) is 0 Å². The van der Waals surface area contributed by atoms with Gasteiger partial charge in [-0.1, -0.05) is 29.8 Å². The number of hydrogen-bond acceptors (Lipinski definition) is 2. The highest BCUT2D eigenvalue weighted by Gasteiger charge is 2.31. The summed E-state index contributed by atoms with van der Waals surface area (Å²) >= 11 is 6.35. The van der Waals surface area contributed by atoms with Gasteiger partial charge in [0.2, 0.25) is 0 Å². The summed E-state index contributed by atoms with van der Waals surface area (Å²) in [4.78, 5) is 0. The first kappa shape index (κ1) is 17.9. The fraction of sp³-hybridized carbons (Fsp3) is 0.600. The molecule has 0 heterocycles. The van der Waals surface area contributed by atoms with Crippen LogP contribution in [0.3, 0.4) is 0 Å². The monoisotopic (exact) mass is 330 g/mol. The average molecular weight is 331 g/mol. The van der Waals surface area contributed by atoms with E-state index in [1.165, 1.54) is 0 Å². The third-order valence-corrected chi connectivity index (χ3v) is 5.04. The second-order valence-corrected chi connectivity index (χ2v) is 16.4. The molecule has 0 aromatic heterocycles. The summed E-state index contributed by atoms with van der Waals surface area (Å²) in [5, 5.41) is 0.752. The van der Waals surface area contributed by atoms with Crippen LogP contribution >= 0.6 is 11.6 Å². The lowest BCUT2D eigenvalue weighted by atomic mass is 10.1. The Labute approximate surface area is 130 Å². The van der Waals surface area contributed by atoms with E-state index in [0.717, 1.165) is 10.6 Å². The zero-order valence-corrected chi connectivity index (χ0v) is 16.4. The lowest BCUT2D eigenvalue weighted by Crippen LogP contribution is -2.38. The SMILES string of the molecule is C[C@@H](O[Si](C)(C)C)C(O[Si](C)(C)C)c1ccccc1Cl. The van der Waals surface area contributed by atoms with Crippen LogP contribution < -0.4 is 0 Å². The predicted molar refractivity (Wildman–Crippen MR) is 92.5 cm³/mol. The van der Waals surface area contributed by atoms with Crippen molar-refractivity contribution in [3.05, 3.63) is 34.9 Å². The highest BCUT2D eigenvalue weighted by Crippen LogP contribution is 2.33. The standard InChI is InChI=1S/C15H27ClO2Si2/c1-12(17-19(2,3)4)15(18-20(5,6)7)13-10-8-9-11-14(13)16/h8-12,15H,1-7H3/t12-,15?/m1/s1. The molecule has 0 aliphatic carbocycles. The Hall–Kier alpha value is -0.136. The van der Waals surface area contributed by atoms with Crippen molar-refractivity contribution in [3.63, 3.8) is 0 Å². The van der Waals surface area contributed by atoms with Crippen molar-refractivity contribution in [1.82, 2.24) is 0 Å². The molecule has 2 atom stereocenters. The van der Waals surface area contributed by atoms with E-state index in [9.17, 15) is 0 Å². The molecule has 0 saturated heterocycles. The second-order valence-electron chi connectivity index (χ2n) is 7.11. The Balaban J connectivity index is 3.06. The molecule has 1 aromatic rings. The van der Waals surface area contributed by atoms with Gasteiger partial charge in [-0.3, -0.25) is 0 Å². The van der Waals surface area contributed by atoms with Crippen molar-refractivity contribution in [2.75, 3.05) is 0 Å². The highest BCUT2D eigenvalue weighted by molar-refractivity contribution is 6.70. The second kappa shape index (κ2) is 6.75. The average Bonchev–Trinajstić information content (AvgIpc) is 2.23. The van der Waals surface area contributed by atoms with Crippen molar-refractivity contribution in [2.45, 2.75) is 58.4 Å². The molecular weight excluding hydrogens is 304 g/mol. The van der Waals surface area contributed by atoms with E-state index in [1.54, 1.807) is 0 Å². The normalized spacial score (nSPS) is 16.0. The molecule has 0 radical (unpaired) electrons. The van der Waals surface area contributed by atoms with Crippen molar-refractivity contribution in [3.8, 4) is 0 Å². The lowest BCUT2D eigenvalue weighted by molar-refractivity contribution is 0.0550. The van der Waals surface area contributed by atoms with Gasteiger partial charge in [-0.05, 0) is 52.3 Å². The van der Waals surface area contributed by atoms with E-state index in [1.807, 2.05) is 24.3 Å². The largest absolute Gasteiger partial charge is 0.412 e. The molecule has 20 heavy (non-hydrogen) atoms. The maximum Gasteiger partial charge on any atom is 0.184 e. The molecule has 1 aromatic carbocycles. The van der Waals surface area contributed by atoms with Gasteiger partial charge < -0.3 is 8.85 Å². The van der Waals surface area contributed by atoms with Gasteiger partial charge in [-0.25, -0.2) is 0 Å². The molecule has 114 valence electrons. The smallest absolute Gasteiger partial charge is 0.184 e. The Kier molecular flexibility index (Phi) is 6.05. The molecule has 5 heteroatoms. The van der Waals surface area contributed by atoms with E-state index < -0.39 is 16.6 Å². The summed E-state index contributed by atoms with van der Waals surface area (Å²) in [6.07, 6.45) is -0.0876. The van der Waals surface area contributed by atoms with Crippen molar-refractivity contribution in [1.29, 1.82) is 0 Å². The molecule has 0 aliphatic rings. The minimum atomic E-state index is -1.69. The lowest BCUT2D eigenvalue weighted by Gasteiger charge is -2.35. The third kappa shape index (κ3) is 6.10.